The van der Waals surface area contributed by atoms with Gasteiger partial charge in [-0.15, -0.1) is 0 Å². The summed E-state index contributed by atoms with van der Waals surface area (Å²) in [6.07, 6.45) is 6.72. The second-order valence-corrected chi connectivity index (χ2v) is 17.0. The van der Waals surface area contributed by atoms with E-state index < -0.39 is 25.5 Å². The predicted octanol–water partition coefficient (Wildman–Crippen LogP) is 4.70. The van der Waals surface area contributed by atoms with Crippen LogP contribution < -0.4 is 21.6 Å². The Bertz CT molecular complexity index is 1730. The molecule has 0 N–H and O–H groups in total. The van der Waals surface area contributed by atoms with E-state index >= 15 is 0 Å². The first kappa shape index (κ1) is 28.1. The van der Waals surface area contributed by atoms with E-state index in [1.807, 2.05) is 18.2 Å². The molecule has 6 nitrogen and oxygen atoms in total. The zero-order valence-electron chi connectivity index (χ0n) is 24.5. The van der Waals surface area contributed by atoms with Gasteiger partial charge in [0, 0.05) is 29.3 Å². The van der Waals surface area contributed by atoms with Crippen LogP contribution in [0.5, 0.6) is 0 Å². The topological polar surface area (TPSA) is 70.3 Å². The van der Waals surface area contributed by atoms with E-state index in [1.54, 1.807) is 48.0 Å². The number of allylic oxidation sites excluding steroid dienone is 1. The van der Waals surface area contributed by atoms with Crippen LogP contribution in [0.2, 0.25) is 5.04 Å². The van der Waals surface area contributed by atoms with Crippen molar-refractivity contribution in [1.29, 1.82) is 0 Å². The van der Waals surface area contributed by atoms with Gasteiger partial charge in [0.15, 0.2) is 0 Å². The van der Waals surface area contributed by atoms with Crippen LogP contribution in [0, 0.1) is 18.3 Å². The molecule has 7 heteroatoms. The summed E-state index contributed by atoms with van der Waals surface area (Å²) >= 11 is 0. The van der Waals surface area contributed by atoms with Gasteiger partial charge in [-0.3, -0.25) is 14.2 Å². The molecule has 214 valence electrons. The molecule has 6 rings (SSSR count). The van der Waals surface area contributed by atoms with Gasteiger partial charge < -0.3 is 4.43 Å². The highest BCUT2D eigenvalue weighted by molar-refractivity contribution is 6.99. The molecule has 0 saturated heterocycles. The molecule has 0 radical (unpaired) electrons. The lowest BCUT2D eigenvalue weighted by molar-refractivity contribution is 0.0947. The first-order valence-corrected chi connectivity index (χ1v) is 16.4. The molecule has 1 saturated carbocycles. The largest absolute Gasteiger partial charge is 0.407 e. The van der Waals surface area contributed by atoms with Crippen LogP contribution in [-0.2, 0) is 4.43 Å². The van der Waals surface area contributed by atoms with E-state index in [2.05, 4.69) is 75.4 Å². The number of aryl methyl sites for hydroxylation is 1. The van der Waals surface area contributed by atoms with E-state index in [-0.39, 0.29) is 22.4 Å². The lowest BCUT2D eigenvalue weighted by Gasteiger charge is -2.43. The van der Waals surface area contributed by atoms with E-state index in [4.69, 9.17) is 4.43 Å². The Labute approximate surface area is 247 Å². The highest BCUT2D eigenvalue weighted by atomic mass is 28.4. The standard InChI is InChI=1S/C35H36N2O4Si/c1-25-23-36(33(40)37(31(25)38)32(39)26-14-8-5-9-15-26)30-20-21-35(22-29(30)35)24-41-42(34(2,3)4,27-16-10-6-11-17-27)28-18-12-7-13-19-28/h5-21,23,29-30H,22,24H2,1-4H3/t29-,30+,35-/m1/s1. The number of rotatable bonds is 7. The number of aromatic nitrogens is 2. The minimum absolute atomic E-state index is 0.139. The third-order valence-corrected chi connectivity index (χ3v) is 14.0. The molecule has 1 heterocycles. The Morgan fingerprint density at radius 3 is 1.98 bits per heavy atom. The Hall–Kier alpha value is -4.07. The van der Waals surface area contributed by atoms with Gasteiger partial charge in [-0.05, 0) is 46.8 Å². The zero-order chi connectivity index (χ0) is 29.7. The van der Waals surface area contributed by atoms with Crippen molar-refractivity contribution in [2.45, 2.75) is 45.2 Å². The summed E-state index contributed by atoms with van der Waals surface area (Å²) in [4.78, 5) is 39.9. The second-order valence-electron chi connectivity index (χ2n) is 12.7. The summed E-state index contributed by atoms with van der Waals surface area (Å²) < 4.78 is 9.61. The lowest BCUT2D eigenvalue weighted by atomic mass is 10.1. The summed E-state index contributed by atoms with van der Waals surface area (Å²) in [5, 5.41) is 2.32. The smallest absolute Gasteiger partial charge is 0.338 e. The van der Waals surface area contributed by atoms with Crippen molar-refractivity contribution < 1.29 is 9.22 Å². The monoisotopic (exact) mass is 576 g/mol. The fraction of sp³-hybridized carbons (Fsp3) is 0.286. The van der Waals surface area contributed by atoms with Crippen molar-refractivity contribution in [3.05, 3.63) is 141 Å². The van der Waals surface area contributed by atoms with E-state index in [0.29, 0.717) is 17.7 Å². The van der Waals surface area contributed by atoms with Gasteiger partial charge in [0.25, 0.3) is 19.8 Å². The van der Waals surface area contributed by atoms with Crippen molar-refractivity contribution in [3.8, 4) is 0 Å². The highest BCUT2D eigenvalue weighted by Crippen LogP contribution is 2.64. The Morgan fingerprint density at radius 1 is 0.905 bits per heavy atom. The van der Waals surface area contributed by atoms with Crippen LogP contribution in [-0.4, -0.2) is 30.0 Å². The first-order chi connectivity index (χ1) is 20.1. The molecule has 0 bridgehead atoms. The Kier molecular flexibility index (Phi) is 6.90. The van der Waals surface area contributed by atoms with Crippen molar-refractivity contribution in [2.75, 3.05) is 6.61 Å². The molecule has 3 atom stereocenters. The van der Waals surface area contributed by atoms with Gasteiger partial charge in [0.05, 0.1) is 6.04 Å². The Balaban J connectivity index is 1.33. The van der Waals surface area contributed by atoms with Crippen molar-refractivity contribution in [3.63, 3.8) is 0 Å². The number of carbonyl (C=O) groups excluding carboxylic acids is 1. The van der Waals surface area contributed by atoms with Gasteiger partial charge >= 0.3 is 5.69 Å². The van der Waals surface area contributed by atoms with Crippen molar-refractivity contribution in [2.24, 2.45) is 11.3 Å². The molecule has 0 aliphatic heterocycles. The normalized spacial score (nSPS) is 21.2. The van der Waals surface area contributed by atoms with Crippen LogP contribution in [0.15, 0.2) is 119 Å². The second kappa shape index (κ2) is 10.3. The van der Waals surface area contributed by atoms with Gasteiger partial charge in [0.1, 0.15) is 0 Å². The molecule has 0 spiro atoms. The zero-order valence-corrected chi connectivity index (χ0v) is 25.5. The molecule has 3 aromatic carbocycles. The predicted molar refractivity (Wildman–Crippen MR) is 168 cm³/mol. The molecule has 42 heavy (non-hydrogen) atoms. The fourth-order valence-corrected chi connectivity index (χ4v) is 11.4. The molecule has 1 fully saturated rings. The Morgan fingerprint density at radius 2 is 1.45 bits per heavy atom. The fourth-order valence-electron chi connectivity index (χ4n) is 6.73. The number of benzene rings is 3. The molecule has 0 unspecified atom stereocenters. The van der Waals surface area contributed by atoms with Crippen LogP contribution in [0.3, 0.4) is 0 Å². The molecule has 2 aliphatic carbocycles. The van der Waals surface area contributed by atoms with Crippen LogP contribution in [0.1, 0.15) is 49.2 Å². The summed E-state index contributed by atoms with van der Waals surface area (Å²) in [7, 11) is -2.72. The van der Waals surface area contributed by atoms with Crippen LogP contribution in [0.25, 0.3) is 0 Å². The third kappa shape index (κ3) is 4.48. The molecule has 4 aromatic rings. The summed E-state index contributed by atoms with van der Waals surface area (Å²) in [5.74, 6) is -0.465. The number of hydrogen-bond donors (Lipinski definition) is 0. The minimum Gasteiger partial charge on any atom is -0.407 e. The number of hydrogen-bond acceptors (Lipinski definition) is 4. The van der Waals surface area contributed by atoms with Gasteiger partial charge in [-0.1, -0.05) is 112 Å². The maximum absolute atomic E-state index is 13.7. The van der Waals surface area contributed by atoms with Gasteiger partial charge in [-0.25, -0.2) is 4.79 Å². The number of carbonyl (C=O) groups is 1. The maximum Gasteiger partial charge on any atom is 0.338 e. The minimum atomic E-state index is -2.72. The summed E-state index contributed by atoms with van der Waals surface area (Å²) in [5.41, 5.74) is -0.728. The van der Waals surface area contributed by atoms with Crippen LogP contribution >= 0.6 is 0 Å². The van der Waals surface area contributed by atoms with Gasteiger partial charge in [-0.2, -0.15) is 4.57 Å². The maximum atomic E-state index is 13.7. The highest BCUT2D eigenvalue weighted by Gasteiger charge is 2.61. The average molecular weight is 577 g/mol. The molecule has 0 amide bonds. The first-order valence-electron chi connectivity index (χ1n) is 14.5. The van der Waals surface area contributed by atoms with Gasteiger partial charge in [0.2, 0.25) is 0 Å². The van der Waals surface area contributed by atoms with E-state index in [0.717, 1.165) is 11.0 Å². The van der Waals surface area contributed by atoms with Crippen molar-refractivity contribution in [1.82, 2.24) is 9.13 Å². The molecule has 1 aromatic heterocycles. The molecule has 2 aliphatic rings. The number of nitrogens with zero attached hydrogens (tertiary/aromatic N) is 2. The van der Waals surface area contributed by atoms with E-state index in [9.17, 15) is 14.4 Å². The van der Waals surface area contributed by atoms with Crippen LogP contribution in [0.4, 0.5) is 0 Å². The third-order valence-electron chi connectivity index (χ3n) is 9.02. The summed E-state index contributed by atoms with van der Waals surface area (Å²) in [6, 6.07) is 29.4. The SMILES string of the molecule is Cc1cn([C@H]2C=C[C@]3(CO[Si](c4ccccc4)(c4ccccc4)C(C)(C)C)C[C@H]23)c(=O)n(C(=O)c2ccccc2)c1=O. The van der Waals surface area contributed by atoms with Crippen molar-refractivity contribution >= 4 is 24.6 Å². The average Bonchev–Trinajstić information content (AvgIpc) is 3.60. The molecular formula is C35H36N2O4Si. The molecular weight excluding hydrogens is 540 g/mol. The lowest BCUT2D eigenvalue weighted by Crippen LogP contribution is -2.67. The number of fused-ring (bicyclic) bond motifs is 1. The summed E-state index contributed by atoms with van der Waals surface area (Å²) in [6.45, 7) is 8.99. The quantitative estimate of drug-likeness (QED) is 0.236. The van der Waals surface area contributed by atoms with E-state index in [1.165, 1.54) is 10.4 Å².